The van der Waals surface area contributed by atoms with Gasteiger partial charge in [0.1, 0.15) is 11.6 Å². The number of furan rings is 1. The molecule has 0 atom stereocenters. The van der Waals surface area contributed by atoms with E-state index in [1.807, 2.05) is 48.5 Å². The molecule has 0 fully saturated rings. The average Bonchev–Trinajstić information content (AvgIpc) is 3.35. The number of halogens is 1. The van der Waals surface area contributed by atoms with Crippen LogP contribution in [-0.2, 0) is 6.54 Å². The molecule has 5 heteroatoms. The fourth-order valence-corrected chi connectivity index (χ4v) is 3.93. The highest BCUT2D eigenvalue weighted by Crippen LogP contribution is 2.35. The van der Waals surface area contributed by atoms with Gasteiger partial charge in [0.15, 0.2) is 0 Å². The molecule has 2 aromatic heterocycles. The highest BCUT2D eigenvalue weighted by molar-refractivity contribution is 6.18. The van der Waals surface area contributed by atoms with E-state index in [1.54, 1.807) is 18.4 Å². The van der Waals surface area contributed by atoms with Crippen molar-refractivity contribution in [1.29, 1.82) is 0 Å². The summed E-state index contributed by atoms with van der Waals surface area (Å²) in [6, 6.07) is 21.7. The smallest absolute Gasteiger partial charge is 0.249 e. The van der Waals surface area contributed by atoms with E-state index in [0.29, 0.717) is 12.1 Å². The van der Waals surface area contributed by atoms with Crippen LogP contribution in [0.15, 0.2) is 83.5 Å². The Labute approximate surface area is 166 Å². The summed E-state index contributed by atoms with van der Waals surface area (Å²) in [6.07, 6.45) is 1.63. The Morgan fingerprint density at radius 1 is 0.966 bits per heavy atom. The molecule has 0 aliphatic carbocycles. The van der Waals surface area contributed by atoms with Crippen molar-refractivity contribution in [3.05, 3.63) is 96.0 Å². The zero-order valence-electron chi connectivity index (χ0n) is 15.4. The first kappa shape index (κ1) is 17.3. The summed E-state index contributed by atoms with van der Waals surface area (Å²) in [4.78, 5) is 12.1. The van der Waals surface area contributed by atoms with Gasteiger partial charge in [-0.15, -0.1) is 0 Å². The molecule has 0 saturated heterocycles. The summed E-state index contributed by atoms with van der Waals surface area (Å²) in [7, 11) is 0. The fourth-order valence-electron chi connectivity index (χ4n) is 3.93. The molecule has 0 spiro atoms. The number of nitrogens with two attached hydrogens (primary N) is 1. The van der Waals surface area contributed by atoms with Gasteiger partial charge in [0.25, 0.3) is 0 Å². The number of aromatic nitrogens is 1. The molecule has 5 aromatic rings. The maximum absolute atomic E-state index is 13.8. The Bertz CT molecular complexity index is 1370. The minimum absolute atomic E-state index is 0.280. The number of primary amides is 1. The number of hydrogen-bond donors (Lipinski definition) is 1. The molecule has 0 radical (unpaired) electrons. The SMILES string of the molecule is NC(=O)c1cccc2c1c1ccc(-c3ccco3)cc1n2Cc1cccc(F)c1. The van der Waals surface area contributed by atoms with Gasteiger partial charge >= 0.3 is 0 Å². The van der Waals surface area contributed by atoms with Crippen LogP contribution < -0.4 is 5.73 Å². The van der Waals surface area contributed by atoms with Crippen LogP contribution in [0.1, 0.15) is 15.9 Å². The zero-order chi connectivity index (χ0) is 20.0. The molecule has 0 aliphatic heterocycles. The molecule has 142 valence electrons. The number of fused-ring (bicyclic) bond motifs is 3. The van der Waals surface area contributed by atoms with Gasteiger partial charge in [0.2, 0.25) is 5.91 Å². The van der Waals surface area contributed by atoms with E-state index in [9.17, 15) is 9.18 Å². The maximum Gasteiger partial charge on any atom is 0.249 e. The largest absolute Gasteiger partial charge is 0.464 e. The molecule has 5 rings (SSSR count). The number of rotatable bonds is 4. The van der Waals surface area contributed by atoms with Crippen LogP contribution in [0.3, 0.4) is 0 Å². The minimum atomic E-state index is -0.476. The predicted molar refractivity (Wildman–Crippen MR) is 111 cm³/mol. The normalized spacial score (nSPS) is 11.3. The molecule has 2 N–H and O–H groups in total. The van der Waals surface area contributed by atoms with Gasteiger partial charge in [0.05, 0.1) is 17.3 Å². The molecule has 29 heavy (non-hydrogen) atoms. The first-order valence-electron chi connectivity index (χ1n) is 9.25. The summed E-state index contributed by atoms with van der Waals surface area (Å²) in [5, 5.41) is 1.72. The van der Waals surface area contributed by atoms with Gasteiger partial charge in [-0.05, 0) is 48.0 Å². The van der Waals surface area contributed by atoms with E-state index >= 15 is 0 Å². The lowest BCUT2D eigenvalue weighted by atomic mass is 10.0. The summed E-state index contributed by atoms with van der Waals surface area (Å²) in [6.45, 7) is 0.460. The first-order valence-corrected chi connectivity index (χ1v) is 9.25. The van der Waals surface area contributed by atoms with Crippen molar-refractivity contribution in [3.8, 4) is 11.3 Å². The van der Waals surface area contributed by atoms with E-state index in [1.165, 1.54) is 12.1 Å². The van der Waals surface area contributed by atoms with Gasteiger partial charge in [-0.2, -0.15) is 0 Å². The number of amides is 1. The summed E-state index contributed by atoms with van der Waals surface area (Å²) in [5.74, 6) is -0.00234. The van der Waals surface area contributed by atoms with Crippen molar-refractivity contribution in [2.45, 2.75) is 6.54 Å². The van der Waals surface area contributed by atoms with Gasteiger partial charge in [-0.3, -0.25) is 4.79 Å². The third kappa shape index (κ3) is 2.88. The zero-order valence-corrected chi connectivity index (χ0v) is 15.4. The topological polar surface area (TPSA) is 61.2 Å². The van der Waals surface area contributed by atoms with Crippen LogP contribution in [0.4, 0.5) is 4.39 Å². The summed E-state index contributed by atoms with van der Waals surface area (Å²) < 4.78 is 21.4. The van der Waals surface area contributed by atoms with Gasteiger partial charge < -0.3 is 14.7 Å². The fraction of sp³-hybridized carbons (Fsp3) is 0.0417. The van der Waals surface area contributed by atoms with Crippen LogP contribution in [0, 0.1) is 5.82 Å². The lowest BCUT2D eigenvalue weighted by Gasteiger charge is -2.09. The second-order valence-electron chi connectivity index (χ2n) is 6.99. The van der Waals surface area contributed by atoms with E-state index < -0.39 is 5.91 Å². The van der Waals surface area contributed by atoms with Crippen LogP contribution in [0.2, 0.25) is 0 Å². The van der Waals surface area contributed by atoms with Gasteiger partial charge in [-0.25, -0.2) is 4.39 Å². The van der Waals surface area contributed by atoms with E-state index in [4.69, 9.17) is 10.2 Å². The molecular weight excluding hydrogens is 367 g/mol. The lowest BCUT2D eigenvalue weighted by Crippen LogP contribution is -2.11. The third-order valence-corrected chi connectivity index (χ3v) is 5.19. The second-order valence-corrected chi connectivity index (χ2v) is 6.99. The number of benzene rings is 3. The lowest BCUT2D eigenvalue weighted by molar-refractivity contribution is 0.100. The quantitative estimate of drug-likeness (QED) is 0.455. The van der Waals surface area contributed by atoms with E-state index in [0.717, 1.165) is 38.7 Å². The summed E-state index contributed by atoms with van der Waals surface area (Å²) in [5.41, 5.74) is 9.66. The Morgan fingerprint density at radius 3 is 2.59 bits per heavy atom. The number of carbonyl (C=O) groups is 1. The molecule has 1 amide bonds. The predicted octanol–water partition coefficient (Wildman–Crippen LogP) is 5.34. The summed E-state index contributed by atoms with van der Waals surface area (Å²) >= 11 is 0. The van der Waals surface area contributed by atoms with Crippen molar-refractivity contribution in [2.24, 2.45) is 5.73 Å². The molecule has 0 unspecified atom stereocenters. The van der Waals surface area contributed by atoms with Crippen molar-refractivity contribution in [2.75, 3.05) is 0 Å². The highest BCUT2D eigenvalue weighted by Gasteiger charge is 2.17. The molecule has 0 saturated carbocycles. The van der Waals surface area contributed by atoms with E-state index in [2.05, 4.69) is 4.57 Å². The van der Waals surface area contributed by atoms with Crippen LogP contribution in [-0.4, -0.2) is 10.5 Å². The second kappa shape index (κ2) is 6.63. The van der Waals surface area contributed by atoms with Crippen molar-refractivity contribution >= 4 is 27.7 Å². The first-order chi connectivity index (χ1) is 14.1. The molecule has 0 aliphatic rings. The monoisotopic (exact) mass is 384 g/mol. The van der Waals surface area contributed by atoms with Crippen LogP contribution in [0.5, 0.6) is 0 Å². The molecule has 0 bridgehead atoms. The van der Waals surface area contributed by atoms with Gasteiger partial charge in [-0.1, -0.05) is 30.3 Å². The Hall–Kier alpha value is -3.86. The van der Waals surface area contributed by atoms with Crippen molar-refractivity contribution in [3.63, 3.8) is 0 Å². The molecular formula is C24H17FN2O2. The molecule has 3 aromatic carbocycles. The Morgan fingerprint density at radius 2 is 1.83 bits per heavy atom. The Balaban J connectivity index is 1.82. The average molecular weight is 384 g/mol. The third-order valence-electron chi connectivity index (χ3n) is 5.19. The molecule has 4 nitrogen and oxygen atoms in total. The van der Waals surface area contributed by atoms with Crippen LogP contribution >= 0.6 is 0 Å². The highest BCUT2D eigenvalue weighted by atomic mass is 19.1. The molecule has 2 heterocycles. The standard InChI is InChI=1S/C24H17FN2O2/c25-17-5-1-4-15(12-17)14-27-20-7-2-6-19(24(26)28)23(20)18-10-9-16(13-21(18)27)22-8-3-11-29-22/h1-13H,14H2,(H2,26,28). The van der Waals surface area contributed by atoms with Crippen molar-refractivity contribution < 1.29 is 13.6 Å². The number of carbonyl (C=O) groups excluding carboxylic acids is 1. The Kier molecular flexibility index (Phi) is 3.95. The van der Waals surface area contributed by atoms with E-state index in [-0.39, 0.29) is 5.82 Å². The van der Waals surface area contributed by atoms with Crippen molar-refractivity contribution in [1.82, 2.24) is 4.57 Å². The minimum Gasteiger partial charge on any atom is -0.464 e. The van der Waals surface area contributed by atoms with Gasteiger partial charge in [0, 0.05) is 28.4 Å². The van der Waals surface area contributed by atoms with Crippen LogP contribution in [0.25, 0.3) is 33.1 Å². The number of hydrogen-bond acceptors (Lipinski definition) is 2. The maximum atomic E-state index is 13.8. The number of nitrogens with zero attached hydrogens (tertiary/aromatic N) is 1.